The van der Waals surface area contributed by atoms with Gasteiger partial charge < -0.3 is 15.2 Å². The Bertz CT molecular complexity index is 1820. The highest BCUT2D eigenvalue weighted by molar-refractivity contribution is 6.31. The Hall–Kier alpha value is -4.36. The molecular formula is C26H20ClF3N6O4. The van der Waals surface area contributed by atoms with Crippen molar-refractivity contribution in [3.05, 3.63) is 86.8 Å². The van der Waals surface area contributed by atoms with Crippen LogP contribution in [-0.4, -0.2) is 35.5 Å². The minimum absolute atomic E-state index is 0.00486. The molecule has 10 nitrogen and oxygen atoms in total. The lowest BCUT2D eigenvalue weighted by molar-refractivity contribution is -0.116. The van der Waals surface area contributed by atoms with Gasteiger partial charge in [-0.05, 0) is 26.3 Å². The Labute approximate surface area is 232 Å². The van der Waals surface area contributed by atoms with Crippen LogP contribution in [0.15, 0.2) is 41.6 Å². The molecule has 1 amide bonds. The van der Waals surface area contributed by atoms with Crippen LogP contribution in [0.3, 0.4) is 0 Å². The number of rotatable bonds is 5. The number of hydrogen-bond donors (Lipinski definition) is 2. The molecule has 5 heterocycles. The Morgan fingerprint density at radius 2 is 1.95 bits per heavy atom. The molecule has 0 aromatic carbocycles. The van der Waals surface area contributed by atoms with Crippen molar-refractivity contribution in [2.75, 3.05) is 5.32 Å². The van der Waals surface area contributed by atoms with Crippen LogP contribution in [0.4, 0.5) is 18.9 Å². The van der Waals surface area contributed by atoms with Crippen LogP contribution in [0.5, 0.6) is 5.75 Å². The van der Waals surface area contributed by atoms with E-state index in [0.717, 1.165) is 16.8 Å². The van der Waals surface area contributed by atoms with E-state index in [1.807, 2.05) is 0 Å². The molecule has 0 atom stereocenters. The number of aliphatic hydroxyl groups is 1. The summed E-state index contributed by atoms with van der Waals surface area (Å²) in [5.74, 6) is -4.58. The second-order valence-electron chi connectivity index (χ2n) is 9.20. The fourth-order valence-corrected chi connectivity index (χ4v) is 4.09. The topological polar surface area (TPSA) is 132 Å². The predicted molar refractivity (Wildman–Crippen MR) is 137 cm³/mol. The average Bonchev–Trinajstić information content (AvgIpc) is 2.89. The zero-order valence-electron chi connectivity index (χ0n) is 22.8. The summed E-state index contributed by atoms with van der Waals surface area (Å²) in [5, 5.41) is 12.1. The molecule has 1 aliphatic heterocycles. The number of ether oxygens (including phenoxy) is 1. The van der Waals surface area contributed by atoms with Gasteiger partial charge in [0, 0.05) is 30.4 Å². The molecule has 4 aromatic heterocycles. The Morgan fingerprint density at radius 3 is 2.67 bits per heavy atom. The number of halogens is 4. The van der Waals surface area contributed by atoms with Crippen molar-refractivity contribution in [2.24, 2.45) is 0 Å². The highest BCUT2D eigenvalue weighted by Crippen LogP contribution is 2.34. The molecule has 1 aliphatic rings. The van der Waals surface area contributed by atoms with E-state index in [2.05, 4.69) is 25.3 Å². The van der Waals surface area contributed by atoms with Crippen molar-refractivity contribution >= 4 is 23.2 Å². The first-order valence-electron chi connectivity index (χ1n) is 12.7. The van der Waals surface area contributed by atoms with Crippen LogP contribution in [0.25, 0.3) is 17.1 Å². The number of pyridine rings is 3. The number of fused-ring (bicyclic) bond motifs is 3. The summed E-state index contributed by atoms with van der Waals surface area (Å²) in [5.41, 5.74) is -4.39. The van der Waals surface area contributed by atoms with Crippen LogP contribution in [0.1, 0.15) is 40.2 Å². The number of anilines is 1. The largest absolute Gasteiger partial charge is 0.485 e. The molecule has 0 fully saturated rings. The molecule has 5 rings (SSSR count). The molecule has 40 heavy (non-hydrogen) atoms. The van der Waals surface area contributed by atoms with Gasteiger partial charge in [-0.3, -0.25) is 19.1 Å². The maximum Gasteiger partial charge on any atom is 0.278 e. The molecule has 206 valence electrons. The fraction of sp³-hybridized carbons (Fsp3) is 0.231. The third-order valence-electron chi connectivity index (χ3n) is 5.80. The van der Waals surface area contributed by atoms with Crippen molar-refractivity contribution in [1.29, 1.82) is 0 Å². The first kappa shape index (κ1) is 24.7. The summed E-state index contributed by atoms with van der Waals surface area (Å²) in [6, 6.07) is 2.86. The standard InChI is InChI=1S/C26H20ClF3N6O4/c1-26(2,39)25-31-6-5-15(35-25)22-21(30)23-16(10-33-22)34-19(37)4-3-13-8-18(20(27)24(38)36(13)23)40-11-17-14(29)7-12(28)9-32-17/h5-10,39H,3-4,11H2,1-2H3,(H,34,37)/i11D2. The molecule has 0 radical (unpaired) electrons. The Balaban J connectivity index is 1.68. The molecule has 2 N–H and O–H groups in total. The van der Waals surface area contributed by atoms with E-state index in [1.165, 1.54) is 26.1 Å². The van der Waals surface area contributed by atoms with Gasteiger partial charge in [0.2, 0.25) is 5.91 Å². The number of carbonyl (C=O) groups is 1. The number of aryl methyl sites for hydroxylation is 1. The van der Waals surface area contributed by atoms with Crippen LogP contribution >= 0.6 is 11.6 Å². The van der Waals surface area contributed by atoms with Gasteiger partial charge in [0.05, 0.1) is 26.5 Å². The van der Waals surface area contributed by atoms with E-state index in [-0.39, 0.29) is 41.4 Å². The molecule has 4 aromatic rings. The predicted octanol–water partition coefficient (Wildman–Crippen LogP) is 3.85. The van der Waals surface area contributed by atoms with E-state index in [9.17, 15) is 23.5 Å². The zero-order valence-corrected chi connectivity index (χ0v) is 21.6. The van der Waals surface area contributed by atoms with Gasteiger partial charge in [-0.15, -0.1) is 0 Å². The zero-order chi connectivity index (χ0) is 30.6. The number of nitrogens with one attached hydrogen (secondary N) is 1. The van der Waals surface area contributed by atoms with Gasteiger partial charge in [-0.25, -0.2) is 28.1 Å². The fourth-order valence-electron chi connectivity index (χ4n) is 3.92. The van der Waals surface area contributed by atoms with Gasteiger partial charge in [0.25, 0.3) is 5.56 Å². The second kappa shape index (κ2) is 10.3. The van der Waals surface area contributed by atoms with Crippen LogP contribution in [-0.2, 0) is 23.4 Å². The molecule has 0 bridgehead atoms. The Kier molecular flexibility index (Phi) is 6.36. The van der Waals surface area contributed by atoms with Crippen molar-refractivity contribution in [1.82, 2.24) is 24.5 Å². The van der Waals surface area contributed by atoms with Crippen LogP contribution < -0.4 is 15.6 Å². The van der Waals surface area contributed by atoms with Gasteiger partial charge >= 0.3 is 0 Å². The summed E-state index contributed by atoms with van der Waals surface area (Å²) in [4.78, 5) is 41.8. The maximum absolute atomic E-state index is 16.3. The first-order chi connectivity index (χ1) is 19.7. The number of aromatic nitrogens is 5. The highest BCUT2D eigenvalue weighted by Gasteiger charge is 2.28. The van der Waals surface area contributed by atoms with Gasteiger partial charge in [-0.1, -0.05) is 11.6 Å². The van der Waals surface area contributed by atoms with Gasteiger partial charge in [0.1, 0.15) is 45.8 Å². The molecule has 0 aliphatic carbocycles. The third-order valence-corrected chi connectivity index (χ3v) is 6.15. The van der Waals surface area contributed by atoms with E-state index in [0.29, 0.717) is 12.3 Å². The summed E-state index contributed by atoms with van der Waals surface area (Å²) in [6.45, 7) is -0.143. The smallest absolute Gasteiger partial charge is 0.278 e. The number of carbonyl (C=O) groups excluding carboxylic acids is 1. The third kappa shape index (κ3) is 5.12. The number of amides is 1. The van der Waals surface area contributed by atoms with E-state index < -0.39 is 63.2 Å². The molecule has 0 spiro atoms. The summed E-state index contributed by atoms with van der Waals surface area (Å²) in [7, 11) is 0. The lowest BCUT2D eigenvalue weighted by Crippen LogP contribution is -2.29. The number of nitrogens with zero attached hydrogens (tertiary/aromatic N) is 5. The van der Waals surface area contributed by atoms with Crippen molar-refractivity contribution in [3.8, 4) is 22.8 Å². The van der Waals surface area contributed by atoms with Crippen LogP contribution in [0, 0.1) is 17.5 Å². The van der Waals surface area contributed by atoms with E-state index in [1.54, 1.807) is 0 Å². The minimum Gasteiger partial charge on any atom is -0.485 e. The van der Waals surface area contributed by atoms with Crippen molar-refractivity contribution < 1.29 is 30.6 Å². The molecule has 0 unspecified atom stereocenters. The number of hydrogen-bond acceptors (Lipinski definition) is 8. The Morgan fingerprint density at radius 1 is 1.18 bits per heavy atom. The van der Waals surface area contributed by atoms with Crippen LogP contribution in [0.2, 0.25) is 5.02 Å². The van der Waals surface area contributed by atoms with Crippen molar-refractivity contribution in [2.45, 2.75) is 38.8 Å². The van der Waals surface area contributed by atoms with E-state index >= 15 is 4.39 Å². The summed E-state index contributed by atoms with van der Waals surface area (Å²) >= 11 is 6.29. The van der Waals surface area contributed by atoms with Crippen molar-refractivity contribution in [3.63, 3.8) is 0 Å². The van der Waals surface area contributed by atoms with E-state index in [4.69, 9.17) is 19.1 Å². The lowest BCUT2D eigenvalue weighted by atomic mass is 10.1. The highest BCUT2D eigenvalue weighted by atomic mass is 35.5. The average molecular weight is 575 g/mol. The van der Waals surface area contributed by atoms with Gasteiger partial charge in [0.15, 0.2) is 17.5 Å². The lowest BCUT2D eigenvalue weighted by Gasteiger charge is -2.23. The summed E-state index contributed by atoms with van der Waals surface area (Å²) in [6.07, 6.45) is 2.68. The SMILES string of the molecule is [2H]C([2H])(Oc1cc2n(c(=O)c1Cl)-c1c(cnc(-c3ccnc(C(C)(C)O)n3)c1F)NC(=O)CC2)c1ncc(F)cc1F. The molecule has 0 saturated heterocycles. The first-order valence-corrected chi connectivity index (χ1v) is 12.0. The molecular weight excluding hydrogens is 553 g/mol. The monoisotopic (exact) mass is 574 g/mol. The van der Waals surface area contributed by atoms with Gasteiger partial charge in [-0.2, -0.15) is 0 Å². The normalized spacial score (nSPS) is 14.2. The second-order valence-corrected chi connectivity index (χ2v) is 9.58. The summed E-state index contributed by atoms with van der Waals surface area (Å²) < 4.78 is 66.3. The molecule has 0 saturated carbocycles. The minimum atomic E-state index is -3.02. The quantitative estimate of drug-likeness (QED) is 0.367. The molecule has 14 heteroatoms. The maximum atomic E-state index is 16.3.